The lowest BCUT2D eigenvalue weighted by molar-refractivity contribution is -0.192. The number of oxazole rings is 1. The van der Waals surface area contributed by atoms with Crippen LogP contribution in [-0.4, -0.2) is 39.6 Å². The van der Waals surface area contributed by atoms with Gasteiger partial charge >= 0.3 is 18.1 Å². The summed E-state index contributed by atoms with van der Waals surface area (Å²) in [5, 5.41) is 9.83. The predicted molar refractivity (Wildman–Crippen MR) is 94.6 cm³/mol. The third-order valence-electron chi connectivity index (χ3n) is 4.51. The summed E-state index contributed by atoms with van der Waals surface area (Å²) >= 11 is 0. The molecule has 1 amide bonds. The molecule has 1 aromatic heterocycles. The van der Waals surface area contributed by atoms with Gasteiger partial charge in [-0.05, 0) is 36.5 Å². The van der Waals surface area contributed by atoms with Crippen LogP contribution in [-0.2, 0) is 24.4 Å². The summed E-state index contributed by atoms with van der Waals surface area (Å²) in [7, 11) is 0. The SMILES string of the molecule is O=C(NCc1cccc(F)c1)c1nc2c(o1)CN(CC1CC1)C2.O=C(O)C(F)(F)F. The fourth-order valence-electron chi connectivity index (χ4n) is 2.90. The van der Waals surface area contributed by atoms with E-state index in [2.05, 4.69) is 15.2 Å². The third-order valence-corrected chi connectivity index (χ3v) is 4.51. The van der Waals surface area contributed by atoms with Gasteiger partial charge in [-0.1, -0.05) is 12.1 Å². The number of fused-ring (bicyclic) bond motifs is 1. The number of aromatic nitrogens is 1. The van der Waals surface area contributed by atoms with E-state index in [0.717, 1.165) is 37.0 Å². The molecule has 4 rings (SSSR count). The Morgan fingerprint density at radius 3 is 2.53 bits per heavy atom. The summed E-state index contributed by atoms with van der Waals surface area (Å²) in [6, 6.07) is 6.14. The number of rotatable bonds is 5. The number of benzene rings is 1. The highest BCUT2D eigenvalue weighted by atomic mass is 19.4. The number of aliphatic carboxylic acids is 1. The van der Waals surface area contributed by atoms with Gasteiger partial charge < -0.3 is 14.8 Å². The van der Waals surface area contributed by atoms with Crippen LogP contribution in [0.25, 0.3) is 0 Å². The van der Waals surface area contributed by atoms with Crippen LogP contribution >= 0.6 is 0 Å². The van der Waals surface area contributed by atoms with Gasteiger partial charge in [-0.3, -0.25) is 9.69 Å². The first kappa shape index (κ1) is 21.8. The van der Waals surface area contributed by atoms with Gasteiger partial charge in [0.1, 0.15) is 11.6 Å². The van der Waals surface area contributed by atoms with Crippen molar-refractivity contribution in [3.05, 3.63) is 53.0 Å². The van der Waals surface area contributed by atoms with E-state index in [1.165, 1.54) is 25.0 Å². The molecule has 1 fully saturated rings. The van der Waals surface area contributed by atoms with E-state index in [1.54, 1.807) is 12.1 Å². The Morgan fingerprint density at radius 2 is 1.97 bits per heavy atom. The fourth-order valence-corrected chi connectivity index (χ4v) is 2.90. The molecule has 2 aromatic rings. The summed E-state index contributed by atoms with van der Waals surface area (Å²) in [6.45, 7) is 2.83. The van der Waals surface area contributed by atoms with Crippen LogP contribution in [0.4, 0.5) is 17.6 Å². The van der Waals surface area contributed by atoms with E-state index in [0.29, 0.717) is 5.56 Å². The van der Waals surface area contributed by atoms with E-state index in [9.17, 15) is 22.4 Å². The number of alkyl halides is 3. The number of carbonyl (C=O) groups is 2. The zero-order chi connectivity index (χ0) is 21.9. The molecule has 0 bridgehead atoms. The topological polar surface area (TPSA) is 95.7 Å². The first-order valence-corrected chi connectivity index (χ1v) is 9.15. The molecule has 7 nitrogen and oxygen atoms in total. The molecule has 0 unspecified atom stereocenters. The number of nitrogens with one attached hydrogen (secondary N) is 1. The molecule has 1 aliphatic carbocycles. The molecule has 2 N–H and O–H groups in total. The predicted octanol–water partition coefficient (Wildman–Crippen LogP) is 3.10. The summed E-state index contributed by atoms with van der Waals surface area (Å²) in [5.41, 5.74) is 1.56. The number of amides is 1. The minimum atomic E-state index is -5.08. The van der Waals surface area contributed by atoms with Crippen molar-refractivity contribution >= 4 is 11.9 Å². The minimum absolute atomic E-state index is 0.0949. The Balaban J connectivity index is 0.000000318. The van der Waals surface area contributed by atoms with Gasteiger partial charge in [-0.2, -0.15) is 13.2 Å². The lowest BCUT2D eigenvalue weighted by Gasteiger charge is -2.12. The van der Waals surface area contributed by atoms with Gasteiger partial charge in [0.05, 0.1) is 12.2 Å². The van der Waals surface area contributed by atoms with Crippen molar-refractivity contribution in [2.45, 2.75) is 38.7 Å². The van der Waals surface area contributed by atoms with Crippen molar-refractivity contribution in [3.8, 4) is 0 Å². The Bertz CT molecular complexity index is 901. The van der Waals surface area contributed by atoms with Gasteiger partial charge in [0.15, 0.2) is 0 Å². The first-order valence-electron chi connectivity index (χ1n) is 9.15. The van der Waals surface area contributed by atoms with E-state index < -0.39 is 12.1 Å². The number of hydrogen-bond acceptors (Lipinski definition) is 5. The largest absolute Gasteiger partial charge is 0.490 e. The lowest BCUT2D eigenvalue weighted by atomic mass is 10.2. The van der Waals surface area contributed by atoms with Crippen molar-refractivity contribution in [1.82, 2.24) is 15.2 Å². The summed E-state index contributed by atoms with van der Waals surface area (Å²) in [4.78, 5) is 27.6. The average Bonchev–Trinajstić information content (AvgIpc) is 3.26. The normalized spacial score (nSPS) is 15.9. The second-order valence-electron chi connectivity index (χ2n) is 7.12. The molecular weight excluding hydrogens is 410 g/mol. The number of carbonyl (C=O) groups excluding carboxylic acids is 1. The standard InChI is InChI=1S/C17H18FN3O2.C2HF3O2/c18-13-3-1-2-12(6-13)7-19-16(22)17-20-14-9-21(8-11-4-5-11)10-15(14)23-17;3-2(4,5)1(6)7/h1-3,6,11H,4-5,7-10H2,(H,19,22);(H,6,7). The van der Waals surface area contributed by atoms with Crippen LogP contribution in [0, 0.1) is 11.7 Å². The number of carboxylic acids is 1. The molecule has 1 aliphatic heterocycles. The van der Waals surface area contributed by atoms with Crippen molar-refractivity contribution in [2.75, 3.05) is 6.54 Å². The molecule has 162 valence electrons. The van der Waals surface area contributed by atoms with Gasteiger partial charge in [0.25, 0.3) is 5.89 Å². The highest BCUT2D eigenvalue weighted by Gasteiger charge is 2.38. The van der Waals surface area contributed by atoms with Crippen LogP contribution in [0.15, 0.2) is 28.7 Å². The highest BCUT2D eigenvalue weighted by Crippen LogP contribution is 2.33. The summed E-state index contributed by atoms with van der Waals surface area (Å²) in [5.74, 6) is -1.72. The molecule has 2 aliphatic rings. The Labute approximate surface area is 168 Å². The van der Waals surface area contributed by atoms with Gasteiger partial charge in [0.2, 0.25) is 0 Å². The smallest absolute Gasteiger partial charge is 0.475 e. The quantitative estimate of drug-likeness (QED) is 0.710. The first-order chi connectivity index (χ1) is 14.1. The maximum Gasteiger partial charge on any atom is 0.490 e. The van der Waals surface area contributed by atoms with Crippen LogP contribution in [0.5, 0.6) is 0 Å². The molecule has 0 spiro atoms. The second kappa shape index (κ2) is 8.82. The zero-order valence-corrected chi connectivity index (χ0v) is 15.7. The van der Waals surface area contributed by atoms with Crippen molar-refractivity contribution in [1.29, 1.82) is 0 Å². The average molecular weight is 429 g/mol. The highest BCUT2D eigenvalue weighted by molar-refractivity contribution is 5.89. The Kier molecular flexibility index (Phi) is 6.40. The number of carboxylic acid groups (broad SMARTS) is 1. The Hall–Kier alpha value is -2.95. The van der Waals surface area contributed by atoms with Crippen LogP contribution < -0.4 is 5.32 Å². The van der Waals surface area contributed by atoms with E-state index in [4.69, 9.17) is 14.3 Å². The molecule has 2 heterocycles. The maximum absolute atomic E-state index is 13.1. The van der Waals surface area contributed by atoms with E-state index in [1.807, 2.05) is 0 Å². The van der Waals surface area contributed by atoms with Crippen LogP contribution in [0.2, 0.25) is 0 Å². The third kappa shape index (κ3) is 6.02. The second-order valence-corrected chi connectivity index (χ2v) is 7.12. The zero-order valence-electron chi connectivity index (χ0n) is 15.7. The molecule has 1 aromatic carbocycles. The van der Waals surface area contributed by atoms with Gasteiger partial charge in [0, 0.05) is 19.6 Å². The molecule has 1 saturated carbocycles. The van der Waals surface area contributed by atoms with Crippen LogP contribution in [0.1, 0.15) is 40.5 Å². The molecule has 0 radical (unpaired) electrons. The van der Waals surface area contributed by atoms with Crippen molar-refractivity contribution in [2.24, 2.45) is 5.92 Å². The number of hydrogen-bond donors (Lipinski definition) is 2. The molecule has 0 atom stereocenters. The molecular formula is C19H19F4N3O4. The molecule has 30 heavy (non-hydrogen) atoms. The number of nitrogens with zero attached hydrogens (tertiary/aromatic N) is 2. The van der Waals surface area contributed by atoms with E-state index >= 15 is 0 Å². The van der Waals surface area contributed by atoms with E-state index in [-0.39, 0.29) is 24.2 Å². The van der Waals surface area contributed by atoms with Crippen molar-refractivity contribution in [3.63, 3.8) is 0 Å². The Morgan fingerprint density at radius 1 is 1.27 bits per heavy atom. The maximum atomic E-state index is 13.1. The number of halogens is 4. The molecule has 11 heteroatoms. The minimum Gasteiger partial charge on any atom is -0.475 e. The van der Waals surface area contributed by atoms with Crippen LogP contribution in [0.3, 0.4) is 0 Å². The summed E-state index contributed by atoms with van der Waals surface area (Å²) in [6.07, 6.45) is -2.45. The lowest BCUT2D eigenvalue weighted by Crippen LogP contribution is -2.24. The van der Waals surface area contributed by atoms with Gasteiger partial charge in [-0.15, -0.1) is 0 Å². The molecule has 0 saturated heterocycles. The fraction of sp³-hybridized carbons (Fsp3) is 0.421. The van der Waals surface area contributed by atoms with Crippen molar-refractivity contribution < 1.29 is 36.7 Å². The summed E-state index contributed by atoms with van der Waals surface area (Å²) < 4.78 is 50.4. The monoisotopic (exact) mass is 429 g/mol. The van der Waals surface area contributed by atoms with Gasteiger partial charge in [-0.25, -0.2) is 14.2 Å².